The van der Waals surface area contributed by atoms with E-state index in [0.29, 0.717) is 12.0 Å². The van der Waals surface area contributed by atoms with Crippen LogP contribution in [0.15, 0.2) is 36.5 Å². The summed E-state index contributed by atoms with van der Waals surface area (Å²) in [6.07, 6.45) is 4.42. The van der Waals surface area contributed by atoms with Crippen molar-refractivity contribution < 1.29 is 0 Å². The van der Waals surface area contributed by atoms with Crippen molar-refractivity contribution in [3.05, 3.63) is 42.1 Å². The molecule has 3 nitrogen and oxygen atoms in total. The number of piperidine rings is 1. The first kappa shape index (κ1) is 15.4. The number of hydrogen-bond donors (Lipinski definition) is 1. The smallest absolute Gasteiger partial charge is 0.0746 e. The first-order valence-electron chi connectivity index (χ1n) is 8.51. The zero-order valence-corrected chi connectivity index (χ0v) is 13.8. The van der Waals surface area contributed by atoms with Crippen LogP contribution in [-0.2, 0) is 6.54 Å². The SMILES string of the molecule is CC(C)CN(Cc1cccc2cccnc12)C1CCNCC1. The number of benzene rings is 1. The maximum atomic E-state index is 4.62. The molecule has 3 heteroatoms. The monoisotopic (exact) mass is 297 g/mol. The van der Waals surface area contributed by atoms with Gasteiger partial charge in [-0.3, -0.25) is 9.88 Å². The van der Waals surface area contributed by atoms with E-state index in [0.717, 1.165) is 31.7 Å². The van der Waals surface area contributed by atoms with E-state index in [1.165, 1.54) is 23.8 Å². The molecule has 0 atom stereocenters. The van der Waals surface area contributed by atoms with Crippen molar-refractivity contribution in [3.8, 4) is 0 Å². The number of para-hydroxylation sites is 1. The Morgan fingerprint density at radius 1 is 1.18 bits per heavy atom. The minimum Gasteiger partial charge on any atom is -0.317 e. The molecule has 1 fully saturated rings. The second-order valence-electron chi connectivity index (χ2n) is 6.80. The van der Waals surface area contributed by atoms with Crippen LogP contribution in [0.4, 0.5) is 0 Å². The summed E-state index contributed by atoms with van der Waals surface area (Å²) in [4.78, 5) is 7.30. The van der Waals surface area contributed by atoms with E-state index >= 15 is 0 Å². The fourth-order valence-electron chi connectivity index (χ4n) is 3.50. The summed E-state index contributed by atoms with van der Waals surface area (Å²) < 4.78 is 0. The maximum Gasteiger partial charge on any atom is 0.0746 e. The van der Waals surface area contributed by atoms with E-state index < -0.39 is 0 Å². The number of pyridine rings is 1. The summed E-state index contributed by atoms with van der Waals surface area (Å²) in [6, 6.07) is 11.4. The van der Waals surface area contributed by atoms with Gasteiger partial charge in [0.15, 0.2) is 0 Å². The highest BCUT2D eigenvalue weighted by Gasteiger charge is 2.22. The molecule has 1 saturated heterocycles. The van der Waals surface area contributed by atoms with Crippen LogP contribution in [0, 0.1) is 5.92 Å². The number of rotatable bonds is 5. The van der Waals surface area contributed by atoms with Gasteiger partial charge in [-0.25, -0.2) is 0 Å². The van der Waals surface area contributed by atoms with Crippen molar-refractivity contribution in [2.75, 3.05) is 19.6 Å². The number of hydrogen-bond acceptors (Lipinski definition) is 3. The predicted molar refractivity (Wildman–Crippen MR) is 92.9 cm³/mol. The molecule has 1 aliphatic rings. The van der Waals surface area contributed by atoms with Gasteiger partial charge >= 0.3 is 0 Å². The Morgan fingerprint density at radius 3 is 2.73 bits per heavy atom. The maximum absolute atomic E-state index is 4.62. The summed E-state index contributed by atoms with van der Waals surface area (Å²) in [5, 5.41) is 4.72. The molecule has 22 heavy (non-hydrogen) atoms. The molecule has 1 aromatic heterocycles. The molecular formula is C19H27N3. The van der Waals surface area contributed by atoms with Crippen LogP contribution in [0.25, 0.3) is 10.9 Å². The van der Waals surface area contributed by atoms with E-state index in [1.807, 2.05) is 12.3 Å². The van der Waals surface area contributed by atoms with Crippen LogP contribution >= 0.6 is 0 Å². The lowest BCUT2D eigenvalue weighted by atomic mass is 10.0. The molecule has 0 aliphatic carbocycles. The Kier molecular flexibility index (Phi) is 5.06. The zero-order valence-electron chi connectivity index (χ0n) is 13.8. The molecule has 0 radical (unpaired) electrons. The molecule has 118 valence electrons. The molecule has 0 bridgehead atoms. The molecular weight excluding hydrogens is 270 g/mol. The van der Waals surface area contributed by atoms with Gasteiger partial charge in [0.2, 0.25) is 0 Å². The highest BCUT2D eigenvalue weighted by atomic mass is 15.2. The van der Waals surface area contributed by atoms with E-state index in [9.17, 15) is 0 Å². The summed E-state index contributed by atoms with van der Waals surface area (Å²) in [7, 11) is 0. The minimum atomic E-state index is 0.692. The van der Waals surface area contributed by atoms with Crippen LogP contribution in [0.1, 0.15) is 32.3 Å². The van der Waals surface area contributed by atoms with Crippen LogP contribution < -0.4 is 5.32 Å². The Labute approximate surface area is 133 Å². The normalized spacial score (nSPS) is 16.7. The standard InChI is InChI=1S/C19H27N3/c1-15(2)13-22(18-8-11-20-12-9-18)14-17-6-3-5-16-7-4-10-21-19(16)17/h3-7,10,15,18,20H,8-9,11-14H2,1-2H3. The molecule has 1 aromatic carbocycles. The molecule has 2 aromatic rings. The molecule has 3 rings (SSSR count). The third-order valence-electron chi connectivity index (χ3n) is 4.51. The van der Waals surface area contributed by atoms with Crippen molar-refractivity contribution in [2.45, 2.75) is 39.3 Å². The van der Waals surface area contributed by atoms with Crippen LogP contribution in [0.3, 0.4) is 0 Å². The van der Waals surface area contributed by atoms with E-state index in [2.05, 4.69) is 53.3 Å². The lowest BCUT2D eigenvalue weighted by Gasteiger charge is -2.36. The lowest BCUT2D eigenvalue weighted by molar-refractivity contribution is 0.138. The number of fused-ring (bicyclic) bond motifs is 1. The van der Waals surface area contributed by atoms with Gasteiger partial charge in [-0.05, 0) is 43.5 Å². The second-order valence-corrected chi connectivity index (χ2v) is 6.80. The number of nitrogens with zero attached hydrogens (tertiary/aromatic N) is 2. The molecule has 0 spiro atoms. The first-order valence-corrected chi connectivity index (χ1v) is 8.51. The Balaban J connectivity index is 1.84. The van der Waals surface area contributed by atoms with Crippen LogP contribution in [0.5, 0.6) is 0 Å². The van der Waals surface area contributed by atoms with Gasteiger partial charge in [0, 0.05) is 30.7 Å². The number of aromatic nitrogens is 1. The molecule has 0 amide bonds. The van der Waals surface area contributed by atoms with E-state index in [4.69, 9.17) is 0 Å². The van der Waals surface area contributed by atoms with Crippen molar-refractivity contribution in [1.82, 2.24) is 15.2 Å². The first-order chi connectivity index (χ1) is 10.7. The van der Waals surface area contributed by atoms with Gasteiger partial charge in [-0.1, -0.05) is 38.1 Å². The summed E-state index contributed by atoms with van der Waals surface area (Å²) in [5.41, 5.74) is 2.52. The van der Waals surface area contributed by atoms with Crippen molar-refractivity contribution >= 4 is 10.9 Å². The molecule has 1 aliphatic heterocycles. The van der Waals surface area contributed by atoms with Crippen molar-refractivity contribution in [2.24, 2.45) is 5.92 Å². The van der Waals surface area contributed by atoms with Gasteiger partial charge in [0.05, 0.1) is 5.52 Å². The average molecular weight is 297 g/mol. The van der Waals surface area contributed by atoms with Crippen molar-refractivity contribution in [1.29, 1.82) is 0 Å². The average Bonchev–Trinajstić information content (AvgIpc) is 2.55. The third-order valence-corrected chi connectivity index (χ3v) is 4.51. The second kappa shape index (κ2) is 7.21. The Bertz CT molecular complexity index is 597. The van der Waals surface area contributed by atoms with Crippen molar-refractivity contribution in [3.63, 3.8) is 0 Å². The highest BCUT2D eigenvalue weighted by molar-refractivity contribution is 5.81. The Hall–Kier alpha value is -1.45. The fraction of sp³-hybridized carbons (Fsp3) is 0.526. The minimum absolute atomic E-state index is 0.692. The van der Waals surface area contributed by atoms with E-state index in [1.54, 1.807) is 0 Å². The molecule has 2 heterocycles. The van der Waals surface area contributed by atoms with Crippen LogP contribution in [-0.4, -0.2) is 35.6 Å². The van der Waals surface area contributed by atoms with Gasteiger partial charge < -0.3 is 5.32 Å². The van der Waals surface area contributed by atoms with Gasteiger partial charge in [0.25, 0.3) is 0 Å². The van der Waals surface area contributed by atoms with Crippen LogP contribution in [0.2, 0.25) is 0 Å². The quantitative estimate of drug-likeness (QED) is 0.916. The topological polar surface area (TPSA) is 28.2 Å². The summed E-state index contributed by atoms with van der Waals surface area (Å²) in [5.74, 6) is 0.692. The largest absolute Gasteiger partial charge is 0.317 e. The Morgan fingerprint density at radius 2 is 1.95 bits per heavy atom. The fourth-order valence-corrected chi connectivity index (χ4v) is 3.50. The molecule has 0 saturated carbocycles. The predicted octanol–water partition coefficient (Wildman–Crippen LogP) is 3.44. The molecule has 0 unspecified atom stereocenters. The van der Waals surface area contributed by atoms with E-state index in [-0.39, 0.29) is 0 Å². The highest BCUT2D eigenvalue weighted by Crippen LogP contribution is 2.22. The zero-order chi connectivity index (χ0) is 15.4. The lowest BCUT2D eigenvalue weighted by Crippen LogP contribution is -2.44. The summed E-state index contributed by atoms with van der Waals surface area (Å²) in [6.45, 7) is 9.09. The van der Waals surface area contributed by atoms with Gasteiger partial charge in [-0.2, -0.15) is 0 Å². The number of nitrogens with one attached hydrogen (secondary N) is 1. The summed E-state index contributed by atoms with van der Waals surface area (Å²) >= 11 is 0. The van der Waals surface area contributed by atoms with Gasteiger partial charge in [-0.15, -0.1) is 0 Å². The third kappa shape index (κ3) is 3.65. The van der Waals surface area contributed by atoms with Gasteiger partial charge in [0.1, 0.15) is 0 Å². The molecule has 1 N–H and O–H groups in total.